The normalized spacial score (nSPS) is 18.2. The molecule has 4 heteroatoms. The van der Waals surface area contributed by atoms with Crippen LogP contribution in [0.3, 0.4) is 0 Å². The number of rotatable bonds is 9. The molecule has 4 nitrogen and oxygen atoms in total. The maximum atomic E-state index is 12.2. The lowest BCUT2D eigenvalue weighted by molar-refractivity contribution is -0.0219. The second-order valence-electron chi connectivity index (χ2n) is 12.2. The molecule has 2 fully saturated rings. The Morgan fingerprint density at radius 3 is 0.905 bits per heavy atom. The average molecular weight is 561 g/mol. The van der Waals surface area contributed by atoms with Gasteiger partial charge in [0.05, 0.1) is 0 Å². The van der Waals surface area contributed by atoms with Gasteiger partial charge in [0, 0.05) is 13.1 Å². The van der Waals surface area contributed by atoms with Crippen molar-refractivity contribution < 1.29 is 10.2 Å². The highest BCUT2D eigenvalue weighted by atomic mass is 16.3. The van der Waals surface area contributed by atoms with Crippen LogP contribution in [0.15, 0.2) is 121 Å². The van der Waals surface area contributed by atoms with Gasteiger partial charge >= 0.3 is 0 Å². The van der Waals surface area contributed by atoms with E-state index in [4.69, 9.17) is 0 Å². The minimum Gasteiger partial charge on any atom is -0.380 e. The van der Waals surface area contributed by atoms with Crippen LogP contribution in [0.5, 0.6) is 0 Å². The second kappa shape index (κ2) is 12.9. The zero-order chi connectivity index (χ0) is 28.8. The molecule has 2 saturated heterocycles. The third kappa shape index (κ3) is 5.82. The number of aliphatic hydroxyl groups is 2. The number of piperidine rings is 2. The first-order chi connectivity index (χ1) is 20.6. The Hall–Kier alpha value is -3.28. The van der Waals surface area contributed by atoms with Crippen molar-refractivity contribution in [2.75, 3.05) is 39.3 Å². The molecule has 2 N–H and O–H groups in total. The minimum absolute atomic E-state index is 0.183. The highest BCUT2D eigenvalue weighted by molar-refractivity contribution is 5.38. The second-order valence-corrected chi connectivity index (χ2v) is 12.2. The van der Waals surface area contributed by atoms with Gasteiger partial charge in [-0.25, -0.2) is 0 Å². The Morgan fingerprint density at radius 2 is 0.667 bits per heavy atom. The summed E-state index contributed by atoms with van der Waals surface area (Å²) < 4.78 is 0. The van der Waals surface area contributed by atoms with Crippen molar-refractivity contribution in [3.63, 3.8) is 0 Å². The van der Waals surface area contributed by atoms with Crippen molar-refractivity contribution >= 4 is 0 Å². The molecule has 0 aromatic heterocycles. The van der Waals surface area contributed by atoms with Gasteiger partial charge in [0.1, 0.15) is 11.2 Å². The van der Waals surface area contributed by atoms with Crippen molar-refractivity contribution in [1.82, 2.24) is 9.80 Å². The van der Waals surface area contributed by atoms with E-state index in [1.807, 2.05) is 72.8 Å². The fourth-order valence-electron chi connectivity index (χ4n) is 7.48. The van der Waals surface area contributed by atoms with Gasteiger partial charge in [-0.1, -0.05) is 121 Å². The largest absolute Gasteiger partial charge is 0.380 e. The van der Waals surface area contributed by atoms with Crippen LogP contribution in [-0.4, -0.2) is 59.3 Å². The molecular formula is C38H44N2O2. The molecule has 4 aromatic rings. The zero-order valence-electron chi connectivity index (χ0n) is 24.6. The summed E-state index contributed by atoms with van der Waals surface area (Å²) in [5, 5.41) is 24.4. The van der Waals surface area contributed by atoms with Crippen LogP contribution < -0.4 is 0 Å². The molecule has 0 aliphatic carbocycles. The van der Waals surface area contributed by atoms with Crippen LogP contribution in [-0.2, 0) is 11.2 Å². The van der Waals surface area contributed by atoms with Gasteiger partial charge in [0.25, 0.3) is 0 Å². The molecule has 2 heterocycles. The van der Waals surface area contributed by atoms with Gasteiger partial charge in [-0.3, -0.25) is 0 Å². The van der Waals surface area contributed by atoms with Crippen LogP contribution in [0.25, 0.3) is 0 Å². The molecule has 4 aromatic carbocycles. The van der Waals surface area contributed by atoms with E-state index >= 15 is 0 Å². The minimum atomic E-state index is -0.967. The van der Waals surface area contributed by atoms with Crippen LogP contribution in [0, 0.1) is 11.8 Å². The summed E-state index contributed by atoms with van der Waals surface area (Å²) >= 11 is 0. The molecule has 42 heavy (non-hydrogen) atoms. The molecule has 0 radical (unpaired) electrons. The molecule has 0 amide bonds. The van der Waals surface area contributed by atoms with E-state index in [-0.39, 0.29) is 11.8 Å². The molecule has 218 valence electrons. The van der Waals surface area contributed by atoms with E-state index in [0.29, 0.717) is 0 Å². The molecule has 6 rings (SSSR count). The van der Waals surface area contributed by atoms with Crippen molar-refractivity contribution in [2.24, 2.45) is 11.8 Å². The Morgan fingerprint density at radius 1 is 0.429 bits per heavy atom. The first kappa shape index (κ1) is 28.8. The van der Waals surface area contributed by atoms with E-state index < -0.39 is 11.2 Å². The van der Waals surface area contributed by atoms with Crippen LogP contribution in [0.1, 0.15) is 47.9 Å². The van der Waals surface area contributed by atoms with E-state index in [1.165, 1.54) is 0 Å². The topological polar surface area (TPSA) is 46.9 Å². The molecular weight excluding hydrogens is 516 g/mol. The summed E-state index contributed by atoms with van der Waals surface area (Å²) in [4.78, 5) is 5.15. The number of likely N-dealkylation sites (tertiary alicyclic amines) is 2. The predicted octanol–water partition coefficient (Wildman–Crippen LogP) is 6.28. The first-order valence-corrected chi connectivity index (χ1v) is 15.7. The highest BCUT2D eigenvalue weighted by Gasteiger charge is 2.43. The Balaban J connectivity index is 1.05. The number of hydrogen-bond donors (Lipinski definition) is 2. The molecule has 0 bridgehead atoms. The molecule has 0 spiro atoms. The average Bonchev–Trinajstić information content (AvgIpc) is 3.08. The van der Waals surface area contributed by atoms with E-state index in [1.54, 1.807) is 0 Å². The van der Waals surface area contributed by atoms with Gasteiger partial charge < -0.3 is 20.0 Å². The van der Waals surface area contributed by atoms with Gasteiger partial charge in [0.15, 0.2) is 0 Å². The summed E-state index contributed by atoms with van der Waals surface area (Å²) in [5.74, 6) is 0.367. The van der Waals surface area contributed by atoms with Gasteiger partial charge in [-0.15, -0.1) is 0 Å². The Bertz CT molecular complexity index is 1180. The molecule has 2 aliphatic heterocycles. The summed E-state index contributed by atoms with van der Waals surface area (Å²) in [6, 6.07) is 40.9. The molecule has 0 saturated carbocycles. The van der Waals surface area contributed by atoms with Gasteiger partial charge in [0.2, 0.25) is 0 Å². The lowest BCUT2D eigenvalue weighted by Gasteiger charge is -2.44. The molecule has 0 atom stereocenters. The maximum absolute atomic E-state index is 12.2. The van der Waals surface area contributed by atoms with Gasteiger partial charge in [-0.2, -0.15) is 0 Å². The quantitative estimate of drug-likeness (QED) is 0.253. The summed E-state index contributed by atoms with van der Waals surface area (Å²) in [5.41, 5.74) is 2.02. The fraction of sp³-hybridized carbons (Fsp3) is 0.368. The van der Waals surface area contributed by atoms with Crippen molar-refractivity contribution in [1.29, 1.82) is 0 Å². The molecule has 0 unspecified atom stereocenters. The SMILES string of the molecule is OC(c1ccccc1)(c1ccccc1)C1CCN(CCN2CCC(C(O)(c3ccccc3)c3ccccc3)CC2)CC1. The lowest BCUT2D eigenvalue weighted by Crippen LogP contribution is -2.48. The third-order valence-electron chi connectivity index (χ3n) is 9.94. The monoisotopic (exact) mass is 560 g/mol. The van der Waals surface area contributed by atoms with Crippen molar-refractivity contribution in [2.45, 2.75) is 36.9 Å². The van der Waals surface area contributed by atoms with E-state index in [9.17, 15) is 10.2 Å². The van der Waals surface area contributed by atoms with Crippen molar-refractivity contribution in [3.8, 4) is 0 Å². The number of hydrogen-bond acceptors (Lipinski definition) is 4. The number of nitrogens with zero attached hydrogens (tertiary/aromatic N) is 2. The summed E-state index contributed by atoms with van der Waals surface area (Å²) in [6.07, 6.45) is 3.90. The van der Waals surface area contributed by atoms with E-state index in [2.05, 4.69) is 58.3 Å². The van der Waals surface area contributed by atoms with Crippen LogP contribution in [0.2, 0.25) is 0 Å². The first-order valence-electron chi connectivity index (χ1n) is 15.7. The van der Waals surface area contributed by atoms with Gasteiger partial charge in [-0.05, 0) is 86.0 Å². The Kier molecular flexibility index (Phi) is 8.87. The maximum Gasteiger partial charge on any atom is 0.117 e. The smallest absolute Gasteiger partial charge is 0.117 e. The summed E-state index contributed by atoms with van der Waals surface area (Å²) in [6.45, 7) is 6.12. The Labute approximate surface area is 251 Å². The van der Waals surface area contributed by atoms with Crippen LogP contribution in [0.4, 0.5) is 0 Å². The highest BCUT2D eigenvalue weighted by Crippen LogP contribution is 2.43. The molecule has 2 aliphatic rings. The third-order valence-corrected chi connectivity index (χ3v) is 9.94. The summed E-state index contributed by atoms with van der Waals surface area (Å²) in [7, 11) is 0. The fourth-order valence-corrected chi connectivity index (χ4v) is 7.48. The number of benzene rings is 4. The lowest BCUT2D eigenvalue weighted by atomic mass is 9.72. The van der Waals surface area contributed by atoms with Crippen molar-refractivity contribution in [3.05, 3.63) is 144 Å². The van der Waals surface area contributed by atoms with E-state index in [0.717, 1.165) is 87.2 Å². The standard InChI is InChI=1S/C38H44N2O2/c41-37(31-13-5-1-6-14-31,32-15-7-2-8-16-32)35-21-25-39(26-22-35)29-30-40-27-23-36(24-28-40)38(42,33-17-9-3-10-18-33)34-19-11-4-12-20-34/h1-20,35-36,41-42H,21-30H2. The van der Waals surface area contributed by atoms with Crippen LogP contribution >= 0.6 is 0 Å². The zero-order valence-corrected chi connectivity index (χ0v) is 24.6. The predicted molar refractivity (Wildman–Crippen MR) is 170 cm³/mol.